The molecule has 1 aliphatic carbocycles. The molecule has 0 saturated carbocycles. The Bertz CT molecular complexity index is 677. The highest BCUT2D eigenvalue weighted by Crippen LogP contribution is 2.41. The van der Waals surface area contributed by atoms with E-state index >= 15 is 0 Å². The third-order valence-electron chi connectivity index (χ3n) is 3.11. The van der Waals surface area contributed by atoms with Crippen molar-refractivity contribution in [3.05, 3.63) is 57.1 Å². The van der Waals surface area contributed by atoms with Gasteiger partial charge in [0.1, 0.15) is 0 Å². The van der Waals surface area contributed by atoms with E-state index in [0.717, 1.165) is 28.7 Å². The molecule has 0 heterocycles. The van der Waals surface area contributed by atoms with Gasteiger partial charge < -0.3 is 0 Å². The molecule has 0 aromatic heterocycles. The van der Waals surface area contributed by atoms with Crippen LogP contribution < -0.4 is 0 Å². The van der Waals surface area contributed by atoms with Crippen LogP contribution in [0.3, 0.4) is 0 Å². The maximum Gasteiger partial charge on any atom is 0.253 e. The monoisotopic (exact) mass is 296 g/mol. The number of hydrogen-bond donors (Lipinski definition) is 0. The van der Waals surface area contributed by atoms with Crippen molar-refractivity contribution in [2.45, 2.75) is 6.42 Å². The van der Waals surface area contributed by atoms with Crippen LogP contribution >= 0.6 is 34.8 Å². The summed E-state index contributed by atoms with van der Waals surface area (Å²) in [7, 11) is 0. The minimum atomic E-state index is -0.489. The van der Waals surface area contributed by atoms with Crippen molar-refractivity contribution in [3.8, 4) is 11.1 Å². The summed E-state index contributed by atoms with van der Waals surface area (Å²) < 4.78 is 0. The van der Waals surface area contributed by atoms with Crippen LogP contribution in [0.2, 0.25) is 10.0 Å². The summed E-state index contributed by atoms with van der Waals surface area (Å²) in [4.78, 5) is 11.5. The number of benzene rings is 2. The zero-order chi connectivity index (χ0) is 12.9. The summed E-state index contributed by atoms with van der Waals surface area (Å²) in [6.45, 7) is 0. The first-order valence-corrected chi connectivity index (χ1v) is 6.50. The second kappa shape index (κ2) is 4.27. The van der Waals surface area contributed by atoms with Gasteiger partial charge in [0, 0.05) is 15.6 Å². The van der Waals surface area contributed by atoms with Gasteiger partial charge in [0.2, 0.25) is 0 Å². The van der Waals surface area contributed by atoms with Gasteiger partial charge in [-0.25, -0.2) is 0 Å². The zero-order valence-electron chi connectivity index (χ0n) is 9.14. The van der Waals surface area contributed by atoms with E-state index in [4.69, 9.17) is 34.8 Å². The summed E-state index contributed by atoms with van der Waals surface area (Å²) in [5.74, 6) is 0. The van der Waals surface area contributed by atoms with E-state index in [1.54, 1.807) is 6.07 Å². The Kier molecular flexibility index (Phi) is 2.86. The number of fused-ring (bicyclic) bond motifs is 3. The van der Waals surface area contributed by atoms with Crippen molar-refractivity contribution in [1.29, 1.82) is 0 Å². The lowest BCUT2D eigenvalue weighted by Gasteiger charge is -2.07. The fraction of sp³-hybridized carbons (Fsp3) is 0.0714. The third-order valence-corrected chi connectivity index (χ3v) is 3.77. The lowest BCUT2D eigenvalue weighted by molar-refractivity contribution is 0.108. The molecule has 90 valence electrons. The van der Waals surface area contributed by atoms with E-state index in [1.807, 2.05) is 24.3 Å². The Labute approximate surface area is 119 Å². The number of halogens is 3. The van der Waals surface area contributed by atoms with Crippen LogP contribution in [0, 0.1) is 0 Å². The summed E-state index contributed by atoms with van der Waals surface area (Å²) in [5, 5.41) is 0.722. The Morgan fingerprint density at radius 3 is 2.44 bits per heavy atom. The quantitative estimate of drug-likeness (QED) is 0.581. The van der Waals surface area contributed by atoms with Gasteiger partial charge in [-0.05, 0) is 64.5 Å². The second-order valence-electron chi connectivity index (χ2n) is 4.24. The molecule has 1 nitrogen and oxygen atoms in total. The lowest BCUT2D eigenvalue weighted by atomic mass is 10.0. The highest BCUT2D eigenvalue weighted by molar-refractivity contribution is 6.68. The second-order valence-corrected chi connectivity index (χ2v) is 5.46. The molecule has 0 bridgehead atoms. The molecule has 4 heteroatoms. The van der Waals surface area contributed by atoms with Gasteiger partial charge in [-0.2, -0.15) is 0 Å². The predicted molar refractivity (Wildman–Crippen MR) is 74.9 cm³/mol. The fourth-order valence-corrected chi connectivity index (χ4v) is 3.02. The minimum absolute atomic E-state index is 0.459. The summed E-state index contributed by atoms with van der Waals surface area (Å²) in [6, 6.07) is 9.12. The van der Waals surface area contributed by atoms with Crippen LogP contribution in [-0.2, 0) is 6.42 Å². The fourth-order valence-electron chi connectivity index (χ4n) is 2.43. The molecule has 0 unspecified atom stereocenters. The van der Waals surface area contributed by atoms with Crippen LogP contribution in [0.4, 0.5) is 0 Å². The van der Waals surface area contributed by atoms with E-state index in [0.29, 0.717) is 15.6 Å². The predicted octanol–water partition coefficient (Wildman–Crippen LogP) is 4.94. The van der Waals surface area contributed by atoms with E-state index in [-0.39, 0.29) is 0 Å². The van der Waals surface area contributed by atoms with Crippen LogP contribution in [0.5, 0.6) is 0 Å². The van der Waals surface area contributed by atoms with Gasteiger partial charge in [0.05, 0.1) is 0 Å². The standard InChI is InChI=1S/C14H7Cl3O/c15-9-1-2-11-7(4-9)3-8-5-10(16)6-12(13(8)11)14(17)18/h1-2,4-6H,3H2. The molecule has 0 atom stereocenters. The first-order chi connectivity index (χ1) is 8.56. The molecule has 0 radical (unpaired) electrons. The molecule has 2 aromatic rings. The van der Waals surface area contributed by atoms with E-state index in [9.17, 15) is 4.79 Å². The van der Waals surface area contributed by atoms with Gasteiger partial charge in [-0.15, -0.1) is 0 Å². The highest BCUT2D eigenvalue weighted by Gasteiger charge is 2.24. The molecule has 0 N–H and O–H groups in total. The van der Waals surface area contributed by atoms with Crippen LogP contribution in [0.15, 0.2) is 30.3 Å². The Balaban J connectivity index is 2.32. The molecule has 0 saturated heterocycles. The first-order valence-electron chi connectivity index (χ1n) is 5.37. The average molecular weight is 298 g/mol. The molecule has 0 amide bonds. The minimum Gasteiger partial charge on any atom is -0.276 e. The number of rotatable bonds is 1. The zero-order valence-corrected chi connectivity index (χ0v) is 11.4. The van der Waals surface area contributed by atoms with Crippen molar-refractivity contribution in [3.63, 3.8) is 0 Å². The summed E-state index contributed by atoms with van der Waals surface area (Å²) >= 11 is 17.6. The van der Waals surface area contributed by atoms with Crippen molar-refractivity contribution in [2.24, 2.45) is 0 Å². The first kappa shape index (κ1) is 12.0. The van der Waals surface area contributed by atoms with Gasteiger partial charge in [0.15, 0.2) is 0 Å². The smallest absolute Gasteiger partial charge is 0.253 e. The summed E-state index contributed by atoms with van der Waals surface area (Å²) in [6.07, 6.45) is 0.725. The van der Waals surface area contributed by atoms with Crippen LogP contribution in [0.1, 0.15) is 21.5 Å². The third kappa shape index (κ3) is 1.83. The Hall–Kier alpha value is -1.02. The van der Waals surface area contributed by atoms with Gasteiger partial charge >= 0.3 is 0 Å². The van der Waals surface area contributed by atoms with Crippen molar-refractivity contribution >= 4 is 40.0 Å². The molecule has 18 heavy (non-hydrogen) atoms. The van der Waals surface area contributed by atoms with Gasteiger partial charge in [-0.1, -0.05) is 29.3 Å². The number of carbonyl (C=O) groups is 1. The maximum atomic E-state index is 11.5. The topological polar surface area (TPSA) is 17.1 Å². The van der Waals surface area contributed by atoms with E-state index in [2.05, 4.69) is 0 Å². The Morgan fingerprint density at radius 2 is 1.72 bits per heavy atom. The van der Waals surface area contributed by atoms with E-state index in [1.165, 1.54) is 0 Å². The number of hydrogen-bond acceptors (Lipinski definition) is 1. The Morgan fingerprint density at radius 1 is 1.00 bits per heavy atom. The molecular formula is C14H7Cl3O. The van der Waals surface area contributed by atoms with Crippen LogP contribution in [0.25, 0.3) is 11.1 Å². The molecule has 2 aromatic carbocycles. The van der Waals surface area contributed by atoms with Crippen molar-refractivity contribution in [1.82, 2.24) is 0 Å². The van der Waals surface area contributed by atoms with Gasteiger partial charge in [0.25, 0.3) is 5.24 Å². The normalized spacial score (nSPS) is 12.2. The van der Waals surface area contributed by atoms with Crippen molar-refractivity contribution < 1.29 is 4.79 Å². The maximum absolute atomic E-state index is 11.5. The molecular weight excluding hydrogens is 291 g/mol. The SMILES string of the molecule is O=C(Cl)c1cc(Cl)cc2c1-c1ccc(Cl)cc1C2. The average Bonchev–Trinajstić information content (AvgIpc) is 2.64. The van der Waals surface area contributed by atoms with Crippen molar-refractivity contribution in [2.75, 3.05) is 0 Å². The highest BCUT2D eigenvalue weighted by atomic mass is 35.5. The summed E-state index contributed by atoms with van der Waals surface area (Å²) in [5.41, 5.74) is 4.46. The molecule has 1 aliphatic rings. The van der Waals surface area contributed by atoms with E-state index < -0.39 is 5.24 Å². The van der Waals surface area contributed by atoms with Gasteiger partial charge in [-0.3, -0.25) is 4.79 Å². The largest absolute Gasteiger partial charge is 0.276 e. The lowest BCUT2D eigenvalue weighted by Crippen LogP contribution is -1.94. The molecule has 0 aliphatic heterocycles. The molecule has 0 fully saturated rings. The van der Waals surface area contributed by atoms with Crippen LogP contribution in [-0.4, -0.2) is 5.24 Å². The molecule has 0 spiro atoms. The molecule has 3 rings (SSSR count). The number of carbonyl (C=O) groups excluding carboxylic acids is 1.